The summed E-state index contributed by atoms with van der Waals surface area (Å²) in [5, 5.41) is 7.75. The molecule has 1 atom stereocenters. The lowest BCUT2D eigenvalue weighted by molar-refractivity contribution is 0.542. The number of hydrogen-bond acceptors (Lipinski definition) is 2. The Morgan fingerprint density at radius 3 is 3.00 bits per heavy atom. The SMILES string of the molecule is CCC(CCl)NCCc1ccsc1. The van der Waals surface area contributed by atoms with Crippen molar-refractivity contribution in [3.63, 3.8) is 0 Å². The minimum Gasteiger partial charge on any atom is -0.312 e. The van der Waals surface area contributed by atoms with E-state index in [0.717, 1.165) is 19.4 Å². The summed E-state index contributed by atoms with van der Waals surface area (Å²) >= 11 is 7.52. The third kappa shape index (κ3) is 4.12. The number of halogens is 1. The van der Waals surface area contributed by atoms with Gasteiger partial charge in [0.1, 0.15) is 0 Å². The molecule has 0 spiro atoms. The van der Waals surface area contributed by atoms with Crippen LogP contribution in [0.1, 0.15) is 18.9 Å². The van der Waals surface area contributed by atoms with E-state index in [1.54, 1.807) is 11.3 Å². The summed E-state index contributed by atoms with van der Waals surface area (Å²) in [6, 6.07) is 2.65. The third-order valence-electron chi connectivity index (χ3n) is 2.11. The van der Waals surface area contributed by atoms with Gasteiger partial charge < -0.3 is 5.32 Å². The lowest BCUT2D eigenvalue weighted by atomic mass is 10.2. The van der Waals surface area contributed by atoms with Gasteiger partial charge in [-0.25, -0.2) is 0 Å². The van der Waals surface area contributed by atoms with Crippen molar-refractivity contribution in [2.75, 3.05) is 12.4 Å². The number of rotatable bonds is 6. The first-order chi connectivity index (χ1) is 6.36. The molecule has 1 unspecified atom stereocenters. The molecule has 1 nitrogen and oxygen atoms in total. The average Bonchev–Trinajstić information content (AvgIpc) is 2.65. The average molecular weight is 218 g/mol. The summed E-state index contributed by atoms with van der Waals surface area (Å²) < 4.78 is 0. The molecule has 0 aromatic carbocycles. The van der Waals surface area contributed by atoms with Crippen LogP contribution < -0.4 is 5.32 Å². The van der Waals surface area contributed by atoms with E-state index in [4.69, 9.17) is 11.6 Å². The highest BCUT2D eigenvalue weighted by Gasteiger charge is 2.02. The molecule has 0 amide bonds. The Hall–Kier alpha value is -0.0500. The predicted octanol–water partition coefficient (Wildman–Crippen LogP) is 2.90. The van der Waals surface area contributed by atoms with Crippen molar-refractivity contribution in [1.29, 1.82) is 0 Å². The van der Waals surface area contributed by atoms with E-state index >= 15 is 0 Å². The summed E-state index contributed by atoms with van der Waals surface area (Å²) in [5.41, 5.74) is 1.42. The quantitative estimate of drug-likeness (QED) is 0.723. The fourth-order valence-electron chi connectivity index (χ4n) is 1.16. The fourth-order valence-corrected chi connectivity index (χ4v) is 2.19. The molecule has 13 heavy (non-hydrogen) atoms. The lowest BCUT2D eigenvalue weighted by Crippen LogP contribution is -2.31. The molecule has 0 bridgehead atoms. The summed E-state index contributed by atoms with van der Waals surface area (Å²) in [6.45, 7) is 3.19. The second-order valence-corrected chi connectivity index (χ2v) is 4.18. The zero-order valence-electron chi connectivity index (χ0n) is 7.92. The number of nitrogens with one attached hydrogen (secondary N) is 1. The number of hydrogen-bond donors (Lipinski definition) is 1. The van der Waals surface area contributed by atoms with Gasteiger partial charge in [0.2, 0.25) is 0 Å². The summed E-state index contributed by atoms with van der Waals surface area (Å²) in [6.07, 6.45) is 2.21. The molecule has 0 saturated carbocycles. The van der Waals surface area contributed by atoms with Gasteiger partial charge in [-0.3, -0.25) is 0 Å². The summed E-state index contributed by atoms with van der Waals surface area (Å²) in [7, 11) is 0. The van der Waals surface area contributed by atoms with Crippen molar-refractivity contribution >= 4 is 22.9 Å². The number of thiophene rings is 1. The Labute approximate surface area is 89.1 Å². The van der Waals surface area contributed by atoms with E-state index in [9.17, 15) is 0 Å². The van der Waals surface area contributed by atoms with E-state index in [2.05, 4.69) is 29.1 Å². The predicted molar refractivity (Wildman–Crippen MR) is 60.8 cm³/mol. The van der Waals surface area contributed by atoms with Crippen molar-refractivity contribution < 1.29 is 0 Å². The van der Waals surface area contributed by atoms with E-state index in [-0.39, 0.29) is 0 Å². The molecule has 0 aliphatic carbocycles. The maximum absolute atomic E-state index is 5.77. The molecule has 0 aliphatic rings. The van der Waals surface area contributed by atoms with Crippen molar-refractivity contribution in [2.24, 2.45) is 0 Å². The van der Waals surface area contributed by atoms with Crippen molar-refractivity contribution in [3.05, 3.63) is 22.4 Å². The van der Waals surface area contributed by atoms with Crippen LogP contribution in [0, 0.1) is 0 Å². The highest BCUT2D eigenvalue weighted by Crippen LogP contribution is 2.06. The molecule has 3 heteroatoms. The maximum atomic E-state index is 5.77. The van der Waals surface area contributed by atoms with E-state index in [0.29, 0.717) is 11.9 Å². The minimum atomic E-state index is 0.473. The maximum Gasteiger partial charge on any atom is 0.0377 e. The van der Waals surface area contributed by atoms with E-state index < -0.39 is 0 Å². The Morgan fingerprint density at radius 1 is 1.62 bits per heavy atom. The van der Waals surface area contributed by atoms with Gasteiger partial charge in [0, 0.05) is 11.9 Å². The standard InChI is InChI=1S/C10H16ClNS/c1-2-10(7-11)12-5-3-9-4-6-13-8-9/h4,6,8,10,12H,2-3,5,7H2,1H3. The van der Waals surface area contributed by atoms with Crippen LogP contribution in [-0.4, -0.2) is 18.5 Å². The smallest absolute Gasteiger partial charge is 0.0377 e. The highest BCUT2D eigenvalue weighted by molar-refractivity contribution is 7.07. The van der Waals surface area contributed by atoms with Crippen LogP contribution in [0.2, 0.25) is 0 Å². The number of alkyl halides is 1. The van der Waals surface area contributed by atoms with E-state index in [1.165, 1.54) is 5.56 Å². The van der Waals surface area contributed by atoms with Gasteiger partial charge in [0.05, 0.1) is 0 Å². The van der Waals surface area contributed by atoms with Gasteiger partial charge >= 0.3 is 0 Å². The van der Waals surface area contributed by atoms with Gasteiger partial charge in [-0.1, -0.05) is 6.92 Å². The van der Waals surface area contributed by atoms with Crippen molar-refractivity contribution in [3.8, 4) is 0 Å². The molecule has 0 fully saturated rings. The van der Waals surface area contributed by atoms with Crippen LogP contribution in [0.4, 0.5) is 0 Å². The first-order valence-electron chi connectivity index (χ1n) is 4.67. The Kier molecular flexibility index (Phi) is 5.44. The van der Waals surface area contributed by atoms with Crippen LogP contribution in [0.3, 0.4) is 0 Å². The Morgan fingerprint density at radius 2 is 2.46 bits per heavy atom. The van der Waals surface area contributed by atoms with Crippen molar-refractivity contribution in [1.82, 2.24) is 5.32 Å². The molecule has 0 radical (unpaired) electrons. The molecule has 1 N–H and O–H groups in total. The monoisotopic (exact) mass is 217 g/mol. The van der Waals surface area contributed by atoms with Gasteiger partial charge in [-0.15, -0.1) is 11.6 Å². The van der Waals surface area contributed by atoms with Gasteiger partial charge in [0.25, 0.3) is 0 Å². The molecule has 0 saturated heterocycles. The molecule has 1 rings (SSSR count). The van der Waals surface area contributed by atoms with Crippen LogP contribution in [0.25, 0.3) is 0 Å². The molecule has 1 aromatic rings. The second kappa shape index (κ2) is 6.41. The molecule has 74 valence electrons. The Bertz CT molecular complexity index is 207. The van der Waals surface area contributed by atoms with E-state index in [1.807, 2.05) is 0 Å². The largest absolute Gasteiger partial charge is 0.312 e. The lowest BCUT2D eigenvalue weighted by Gasteiger charge is -2.12. The zero-order valence-corrected chi connectivity index (χ0v) is 9.50. The van der Waals surface area contributed by atoms with Crippen LogP contribution >= 0.6 is 22.9 Å². The van der Waals surface area contributed by atoms with Gasteiger partial charge in [-0.2, -0.15) is 11.3 Å². The molecule has 1 heterocycles. The topological polar surface area (TPSA) is 12.0 Å². The van der Waals surface area contributed by atoms with Crippen LogP contribution in [0.5, 0.6) is 0 Å². The molecular formula is C10H16ClNS. The van der Waals surface area contributed by atoms with Gasteiger partial charge in [-0.05, 0) is 41.8 Å². The minimum absolute atomic E-state index is 0.473. The fraction of sp³-hybridized carbons (Fsp3) is 0.600. The normalized spacial score (nSPS) is 13.1. The highest BCUT2D eigenvalue weighted by atomic mass is 35.5. The summed E-state index contributed by atoms with van der Waals surface area (Å²) in [5.74, 6) is 0.708. The first-order valence-corrected chi connectivity index (χ1v) is 6.15. The van der Waals surface area contributed by atoms with Gasteiger partial charge in [0.15, 0.2) is 0 Å². The molecular weight excluding hydrogens is 202 g/mol. The zero-order chi connectivity index (χ0) is 9.52. The molecule has 0 aliphatic heterocycles. The molecule has 1 aromatic heterocycles. The van der Waals surface area contributed by atoms with Crippen LogP contribution in [0.15, 0.2) is 16.8 Å². The van der Waals surface area contributed by atoms with Crippen molar-refractivity contribution in [2.45, 2.75) is 25.8 Å². The van der Waals surface area contributed by atoms with Crippen LogP contribution in [-0.2, 0) is 6.42 Å². The second-order valence-electron chi connectivity index (χ2n) is 3.10. The Balaban J connectivity index is 2.13. The third-order valence-corrected chi connectivity index (χ3v) is 3.21. The summed E-state index contributed by atoms with van der Waals surface area (Å²) in [4.78, 5) is 0. The first kappa shape index (κ1) is 11.0.